The molecule has 0 heterocycles. The summed E-state index contributed by atoms with van der Waals surface area (Å²) in [5, 5.41) is 3.01. The van der Waals surface area contributed by atoms with Gasteiger partial charge in [-0.3, -0.25) is 0 Å². The minimum Gasteiger partial charge on any atom is -0.372 e. The summed E-state index contributed by atoms with van der Waals surface area (Å²) in [4.78, 5) is 0. The van der Waals surface area contributed by atoms with Crippen molar-refractivity contribution in [3.63, 3.8) is 0 Å². The molecule has 15 heavy (non-hydrogen) atoms. The molecule has 0 saturated heterocycles. The Kier molecular flexibility index (Phi) is 6.60. The lowest BCUT2D eigenvalue weighted by Gasteiger charge is -2.16. The van der Waals surface area contributed by atoms with Gasteiger partial charge in [0.1, 0.15) is 6.61 Å². The number of hydrogen-bond donors (Lipinski definition) is 1. The standard InChI is InChI=1S/C10H18F3NO/c1-8(2)6-9(14-3)4-5-15-7-10(11,12)13/h9,14H,1,4-7H2,2-3H3. The molecule has 0 spiro atoms. The molecule has 1 unspecified atom stereocenters. The molecule has 0 aliphatic heterocycles. The van der Waals surface area contributed by atoms with Gasteiger partial charge in [-0.05, 0) is 26.8 Å². The maximum atomic E-state index is 11.7. The summed E-state index contributed by atoms with van der Waals surface area (Å²) >= 11 is 0. The summed E-state index contributed by atoms with van der Waals surface area (Å²) < 4.78 is 39.7. The van der Waals surface area contributed by atoms with Crippen LogP contribution in [0.1, 0.15) is 19.8 Å². The molecule has 0 fully saturated rings. The summed E-state index contributed by atoms with van der Waals surface area (Å²) in [6.07, 6.45) is -2.92. The molecule has 0 bridgehead atoms. The molecular weight excluding hydrogens is 207 g/mol. The first-order valence-corrected chi connectivity index (χ1v) is 4.81. The van der Waals surface area contributed by atoms with Gasteiger partial charge in [0, 0.05) is 12.6 Å². The number of alkyl halides is 3. The smallest absolute Gasteiger partial charge is 0.372 e. The summed E-state index contributed by atoms with van der Waals surface area (Å²) in [6, 6.07) is 0.135. The van der Waals surface area contributed by atoms with E-state index in [0.29, 0.717) is 6.42 Å². The molecule has 0 saturated carbocycles. The average molecular weight is 225 g/mol. The zero-order valence-corrected chi connectivity index (χ0v) is 9.16. The Hall–Kier alpha value is -0.550. The van der Waals surface area contributed by atoms with Gasteiger partial charge in [0.25, 0.3) is 0 Å². The lowest BCUT2D eigenvalue weighted by molar-refractivity contribution is -0.174. The Bertz CT molecular complexity index is 192. The van der Waals surface area contributed by atoms with Gasteiger partial charge in [0.05, 0.1) is 0 Å². The van der Waals surface area contributed by atoms with Gasteiger partial charge in [0.15, 0.2) is 0 Å². The van der Waals surface area contributed by atoms with Crippen molar-refractivity contribution in [1.29, 1.82) is 0 Å². The van der Waals surface area contributed by atoms with E-state index in [1.54, 1.807) is 7.05 Å². The first kappa shape index (κ1) is 14.5. The first-order chi connectivity index (χ1) is 6.85. The van der Waals surface area contributed by atoms with Gasteiger partial charge in [0.2, 0.25) is 0 Å². The fourth-order valence-electron chi connectivity index (χ4n) is 1.18. The minimum absolute atomic E-state index is 0.109. The molecule has 0 aromatic rings. The van der Waals surface area contributed by atoms with E-state index in [1.165, 1.54) is 0 Å². The van der Waals surface area contributed by atoms with E-state index < -0.39 is 12.8 Å². The molecule has 1 N–H and O–H groups in total. The molecule has 0 aliphatic rings. The Labute approximate surface area is 88.5 Å². The van der Waals surface area contributed by atoms with Crippen LogP contribution in [0.2, 0.25) is 0 Å². The third-order valence-electron chi connectivity index (χ3n) is 1.88. The Balaban J connectivity index is 3.59. The normalized spacial score (nSPS) is 13.9. The number of nitrogens with one attached hydrogen (secondary N) is 1. The predicted molar refractivity (Wildman–Crippen MR) is 53.8 cm³/mol. The SMILES string of the molecule is C=C(C)CC(CCOCC(F)(F)F)NC. The molecule has 0 rings (SSSR count). The van der Waals surface area contributed by atoms with E-state index in [4.69, 9.17) is 0 Å². The lowest BCUT2D eigenvalue weighted by Crippen LogP contribution is -2.28. The number of hydrogen-bond acceptors (Lipinski definition) is 2. The third kappa shape index (κ3) is 9.75. The average Bonchev–Trinajstić information content (AvgIpc) is 2.08. The zero-order chi connectivity index (χ0) is 11.9. The molecular formula is C10H18F3NO. The van der Waals surface area contributed by atoms with Crippen LogP contribution in [0.25, 0.3) is 0 Å². The molecule has 0 aliphatic carbocycles. The number of ether oxygens (including phenoxy) is 1. The number of halogens is 3. The van der Waals surface area contributed by atoms with Crippen LogP contribution in [0.15, 0.2) is 12.2 Å². The van der Waals surface area contributed by atoms with Gasteiger partial charge in [-0.15, -0.1) is 6.58 Å². The quantitative estimate of drug-likeness (QED) is 0.531. The van der Waals surface area contributed by atoms with E-state index in [-0.39, 0.29) is 12.6 Å². The highest BCUT2D eigenvalue weighted by molar-refractivity contribution is 4.92. The topological polar surface area (TPSA) is 21.3 Å². The molecule has 90 valence electrons. The Morgan fingerprint density at radius 1 is 1.47 bits per heavy atom. The van der Waals surface area contributed by atoms with Crippen molar-refractivity contribution < 1.29 is 17.9 Å². The van der Waals surface area contributed by atoms with Crippen LogP contribution >= 0.6 is 0 Å². The van der Waals surface area contributed by atoms with Crippen LogP contribution in [0.4, 0.5) is 13.2 Å². The highest BCUT2D eigenvalue weighted by Crippen LogP contribution is 2.15. The van der Waals surface area contributed by atoms with Crippen molar-refractivity contribution in [3.05, 3.63) is 12.2 Å². The van der Waals surface area contributed by atoms with Gasteiger partial charge in [-0.1, -0.05) is 5.57 Å². The van der Waals surface area contributed by atoms with E-state index in [0.717, 1.165) is 12.0 Å². The van der Waals surface area contributed by atoms with Crippen molar-refractivity contribution in [2.45, 2.75) is 32.0 Å². The van der Waals surface area contributed by atoms with Crippen LogP contribution < -0.4 is 5.32 Å². The van der Waals surface area contributed by atoms with Crippen molar-refractivity contribution in [2.75, 3.05) is 20.3 Å². The second kappa shape index (κ2) is 6.85. The maximum Gasteiger partial charge on any atom is 0.411 e. The largest absolute Gasteiger partial charge is 0.411 e. The molecule has 0 radical (unpaired) electrons. The maximum absolute atomic E-state index is 11.7. The van der Waals surface area contributed by atoms with E-state index in [2.05, 4.69) is 16.6 Å². The van der Waals surface area contributed by atoms with Gasteiger partial charge in [-0.25, -0.2) is 0 Å². The second-order valence-electron chi connectivity index (χ2n) is 3.60. The van der Waals surface area contributed by atoms with Crippen molar-refractivity contribution in [1.82, 2.24) is 5.32 Å². The third-order valence-corrected chi connectivity index (χ3v) is 1.88. The second-order valence-corrected chi connectivity index (χ2v) is 3.60. The summed E-state index contributed by atoms with van der Waals surface area (Å²) in [5.41, 5.74) is 1.00. The number of rotatable bonds is 7. The predicted octanol–water partition coefficient (Wildman–Crippen LogP) is 2.51. The van der Waals surface area contributed by atoms with E-state index in [1.807, 2.05) is 6.92 Å². The molecule has 5 heteroatoms. The fraction of sp³-hybridized carbons (Fsp3) is 0.800. The first-order valence-electron chi connectivity index (χ1n) is 4.81. The summed E-state index contributed by atoms with van der Waals surface area (Å²) in [6.45, 7) is 4.58. The van der Waals surface area contributed by atoms with Crippen LogP contribution in [0.3, 0.4) is 0 Å². The monoisotopic (exact) mass is 225 g/mol. The zero-order valence-electron chi connectivity index (χ0n) is 9.16. The van der Waals surface area contributed by atoms with Crippen LogP contribution in [-0.4, -0.2) is 32.5 Å². The highest BCUT2D eigenvalue weighted by Gasteiger charge is 2.27. The van der Waals surface area contributed by atoms with E-state index in [9.17, 15) is 13.2 Å². The van der Waals surface area contributed by atoms with Crippen LogP contribution in [0, 0.1) is 0 Å². The van der Waals surface area contributed by atoms with Gasteiger partial charge in [-0.2, -0.15) is 13.2 Å². The Morgan fingerprint density at radius 3 is 2.47 bits per heavy atom. The Morgan fingerprint density at radius 2 is 2.07 bits per heavy atom. The molecule has 2 nitrogen and oxygen atoms in total. The van der Waals surface area contributed by atoms with E-state index >= 15 is 0 Å². The van der Waals surface area contributed by atoms with Gasteiger partial charge >= 0.3 is 6.18 Å². The van der Waals surface area contributed by atoms with Crippen molar-refractivity contribution in [2.24, 2.45) is 0 Å². The van der Waals surface area contributed by atoms with Crippen LogP contribution in [0.5, 0.6) is 0 Å². The summed E-state index contributed by atoms with van der Waals surface area (Å²) in [5.74, 6) is 0. The lowest BCUT2D eigenvalue weighted by atomic mass is 10.1. The van der Waals surface area contributed by atoms with Crippen LogP contribution in [-0.2, 0) is 4.74 Å². The minimum atomic E-state index is -4.23. The molecule has 1 atom stereocenters. The van der Waals surface area contributed by atoms with Crippen molar-refractivity contribution in [3.8, 4) is 0 Å². The summed E-state index contributed by atoms with van der Waals surface area (Å²) in [7, 11) is 1.78. The van der Waals surface area contributed by atoms with Crippen molar-refractivity contribution >= 4 is 0 Å². The molecule has 0 aromatic carbocycles. The van der Waals surface area contributed by atoms with Gasteiger partial charge < -0.3 is 10.1 Å². The fourth-order valence-corrected chi connectivity index (χ4v) is 1.18. The molecule has 0 aromatic heterocycles. The highest BCUT2D eigenvalue weighted by atomic mass is 19.4. The molecule has 0 amide bonds.